The first-order chi connectivity index (χ1) is 12.0. The van der Waals surface area contributed by atoms with Crippen molar-refractivity contribution in [2.45, 2.75) is 30.8 Å². The van der Waals surface area contributed by atoms with E-state index in [-0.39, 0.29) is 17.6 Å². The number of hydrogen-bond donors (Lipinski definition) is 1. The Hall–Kier alpha value is -2.27. The molecule has 0 saturated heterocycles. The maximum Gasteiger partial charge on any atom is 0.318 e. The van der Waals surface area contributed by atoms with Crippen LogP contribution in [0, 0.1) is 0 Å². The van der Waals surface area contributed by atoms with Crippen LogP contribution < -0.4 is 5.32 Å². The Labute approximate surface area is 149 Å². The van der Waals surface area contributed by atoms with Crippen LogP contribution in [-0.2, 0) is 0 Å². The van der Waals surface area contributed by atoms with Crippen molar-refractivity contribution in [3.05, 3.63) is 60.1 Å². The molecule has 2 aromatic rings. The van der Waals surface area contributed by atoms with E-state index in [9.17, 15) is 4.79 Å². The zero-order valence-corrected chi connectivity index (χ0v) is 15.2. The molecular formula is C20H27N3O2. The van der Waals surface area contributed by atoms with Crippen molar-refractivity contribution in [3.8, 4) is 0 Å². The van der Waals surface area contributed by atoms with E-state index in [1.807, 2.05) is 49.5 Å². The van der Waals surface area contributed by atoms with Gasteiger partial charge in [-0.2, -0.15) is 0 Å². The summed E-state index contributed by atoms with van der Waals surface area (Å²) in [5, 5.41) is 3.12. The first-order valence-corrected chi connectivity index (χ1v) is 8.79. The van der Waals surface area contributed by atoms with Crippen LogP contribution in [0.5, 0.6) is 0 Å². The predicted molar refractivity (Wildman–Crippen MR) is 98.4 cm³/mol. The molecule has 1 aliphatic carbocycles. The van der Waals surface area contributed by atoms with Gasteiger partial charge in [0.05, 0.1) is 6.26 Å². The predicted octanol–water partition coefficient (Wildman–Crippen LogP) is 3.49. The molecule has 2 amide bonds. The van der Waals surface area contributed by atoms with E-state index in [0.29, 0.717) is 0 Å². The van der Waals surface area contributed by atoms with Gasteiger partial charge in [0.1, 0.15) is 11.8 Å². The normalized spacial score (nSPS) is 17.0. The number of rotatable bonds is 6. The van der Waals surface area contributed by atoms with Crippen LogP contribution in [0.15, 0.2) is 53.1 Å². The lowest BCUT2D eigenvalue weighted by Gasteiger charge is -2.49. The average molecular weight is 341 g/mol. The zero-order chi connectivity index (χ0) is 17.9. The second kappa shape index (κ2) is 7.31. The quantitative estimate of drug-likeness (QED) is 0.875. The second-order valence-corrected chi connectivity index (χ2v) is 7.14. The van der Waals surface area contributed by atoms with Gasteiger partial charge in [-0.25, -0.2) is 4.79 Å². The van der Waals surface area contributed by atoms with E-state index in [2.05, 4.69) is 24.3 Å². The molecule has 5 nitrogen and oxygen atoms in total. The summed E-state index contributed by atoms with van der Waals surface area (Å²) in [5.74, 6) is 0.735. The highest BCUT2D eigenvalue weighted by Gasteiger charge is 2.40. The third kappa shape index (κ3) is 3.71. The number of nitrogens with one attached hydrogen (secondary N) is 1. The Morgan fingerprint density at radius 2 is 1.88 bits per heavy atom. The smallest absolute Gasteiger partial charge is 0.318 e. The molecule has 134 valence electrons. The van der Waals surface area contributed by atoms with E-state index < -0.39 is 0 Å². The fraction of sp³-hybridized carbons (Fsp3) is 0.450. The third-order valence-corrected chi connectivity index (χ3v) is 5.34. The molecule has 1 heterocycles. The van der Waals surface area contributed by atoms with Gasteiger partial charge in [-0.15, -0.1) is 0 Å². The molecule has 1 aliphatic rings. The van der Waals surface area contributed by atoms with Gasteiger partial charge < -0.3 is 19.5 Å². The molecule has 1 fully saturated rings. The lowest BCUT2D eigenvalue weighted by molar-refractivity contribution is 0.0361. The first kappa shape index (κ1) is 17.5. The maximum atomic E-state index is 12.8. The zero-order valence-electron chi connectivity index (χ0n) is 15.2. The summed E-state index contributed by atoms with van der Waals surface area (Å²) in [6, 6.07) is 13.3. The highest BCUT2D eigenvalue weighted by molar-refractivity contribution is 5.75. The fourth-order valence-corrected chi connectivity index (χ4v) is 3.50. The maximum absolute atomic E-state index is 12.8. The van der Waals surface area contributed by atoms with Crippen molar-refractivity contribution in [2.75, 3.05) is 27.7 Å². The Bertz CT molecular complexity index is 678. The van der Waals surface area contributed by atoms with Gasteiger partial charge in [0, 0.05) is 19.1 Å². The molecule has 25 heavy (non-hydrogen) atoms. The van der Waals surface area contributed by atoms with Gasteiger partial charge in [0.2, 0.25) is 0 Å². The first-order valence-electron chi connectivity index (χ1n) is 8.79. The number of nitrogens with zero attached hydrogens (tertiary/aromatic N) is 2. The van der Waals surface area contributed by atoms with Crippen LogP contribution >= 0.6 is 0 Å². The average Bonchev–Trinajstić information content (AvgIpc) is 3.10. The van der Waals surface area contributed by atoms with E-state index in [0.717, 1.165) is 30.7 Å². The molecular weight excluding hydrogens is 314 g/mol. The lowest BCUT2D eigenvalue weighted by atomic mass is 9.75. The van der Waals surface area contributed by atoms with Crippen LogP contribution in [0.4, 0.5) is 4.79 Å². The minimum absolute atomic E-state index is 0.0848. The highest BCUT2D eigenvalue weighted by Crippen LogP contribution is 2.36. The van der Waals surface area contributed by atoms with E-state index >= 15 is 0 Å². The number of furan rings is 1. The minimum Gasteiger partial charge on any atom is -0.467 e. The van der Waals surface area contributed by atoms with Crippen molar-refractivity contribution in [1.82, 2.24) is 15.1 Å². The molecule has 1 saturated carbocycles. The summed E-state index contributed by atoms with van der Waals surface area (Å²) >= 11 is 0. The molecule has 5 heteroatoms. The second-order valence-electron chi connectivity index (χ2n) is 7.14. The van der Waals surface area contributed by atoms with Crippen molar-refractivity contribution in [2.24, 2.45) is 0 Å². The van der Waals surface area contributed by atoms with Gasteiger partial charge in [0.25, 0.3) is 0 Å². The molecule has 1 aromatic heterocycles. The van der Waals surface area contributed by atoms with Crippen LogP contribution in [0.2, 0.25) is 0 Å². The monoisotopic (exact) mass is 341 g/mol. The standard InChI is InChI=1S/C20H27N3O2/c1-22(2)20(12-8-13-20)15-23(3)19(24)21-18(17-11-7-14-25-17)16-9-5-4-6-10-16/h4-7,9-11,14,18H,8,12-13,15H2,1-3H3,(H,21,24)/t18-/m0/s1. The molecule has 1 N–H and O–H groups in total. The van der Waals surface area contributed by atoms with E-state index in [1.54, 1.807) is 11.2 Å². The van der Waals surface area contributed by atoms with Gasteiger partial charge in [0.15, 0.2) is 0 Å². The van der Waals surface area contributed by atoms with Gasteiger partial charge in [-0.3, -0.25) is 0 Å². The Balaban J connectivity index is 1.72. The topological polar surface area (TPSA) is 48.7 Å². The third-order valence-electron chi connectivity index (χ3n) is 5.34. The van der Waals surface area contributed by atoms with Crippen LogP contribution in [0.25, 0.3) is 0 Å². The summed E-state index contributed by atoms with van der Waals surface area (Å²) in [6.07, 6.45) is 5.14. The number of amides is 2. The van der Waals surface area contributed by atoms with E-state index in [1.165, 1.54) is 6.42 Å². The number of likely N-dealkylation sites (N-methyl/N-ethyl adjacent to an activating group) is 2. The lowest BCUT2D eigenvalue weighted by Crippen LogP contribution is -2.58. The molecule has 0 spiro atoms. The van der Waals surface area contributed by atoms with Crippen LogP contribution in [-0.4, -0.2) is 49.1 Å². The highest BCUT2D eigenvalue weighted by atomic mass is 16.3. The summed E-state index contributed by atoms with van der Waals surface area (Å²) in [4.78, 5) is 16.9. The minimum atomic E-state index is -0.289. The number of carbonyl (C=O) groups is 1. The molecule has 0 aliphatic heterocycles. The summed E-state index contributed by atoms with van der Waals surface area (Å²) in [6.45, 7) is 0.728. The van der Waals surface area contributed by atoms with Crippen LogP contribution in [0.3, 0.4) is 0 Å². The van der Waals surface area contributed by atoms with Crippen molar-refractivity contribution in [1.29, 1.82) is 0 Å². The summed E-state index contributed by atoms with van der Waals surface area (Å²) in [7, 11) is 6.06. The fourth-order valence-electron chi connectivity index (χ4n) is 3.50. The molecule has 1 atom stereocenters. The number of benzene rings is 1. The molecule has 0 radical (unpaired) electrons. The Morgan fingerprint density at radius 1 is 1.16 bits per heavy atom. The molecule has 0 bridgehead atoms. The molecule has 3 rings (SSSR count). The van der Waals surface area contributed by atoms with Gasteiger partial charge in [-0.1, -0.05) is 30.3 Å². The Kier molecular flexibility index (Phi) is 5.13. The Morgan fingerprint density at radius 3 is 2.40 bits per heavy atom. The van der Waals surface area contributed by atoms with E-state index in [4.69, 9.17) is 4.42 Å². The van der Waals surface area contributed by atoms with Crippen molar-refractivity contribution >= 4 is 6.03 Å². The number of hydrogen-bond acceptors (Lipinski definition) is 3. The van der Waals surface area contributed by atoms with Crippen molar-refractivity contribution < 1.29 is 9.21 Å². The summed E-state index contributed by atoms with van der Waals surface area (Å²) in [5.41, 5.74) is 1.11. The molecule has 1 aromatic carbocycles. The van der Waals surface area contributed by atoms with Crippen LogP contribution in [0.1, 0.15) is 36.6 Å². The largest absolute Gasteiger partial charge is 0.467 e. The number of carbonyl (C=O) groups excluding carboxylic acids is 1. The SMILES string of the molecule is CN(CC1(N(C)C)CCC1)C(=O)N[C@@H](c1ccccc1)c1ccco1. The van der Waals surface area contributed by atoms with Gasteiger partial charge >= 0.3 is 6.03 Å². The molecule has 0 unspecified atom stereocenters. The summed E-state index contributed by atoms with van der Waals surface area (Å²) < 4.78 is 5.56. The van der Waals surface area contributed by atoms with Crippen molar-refractivity contribution in [3.63, 3.8) is 0 Å². The number of urea groups is 1. The van der Waals surface area contributed by atoms with Gasteiger partial charge in [-0.05, 0) is 51.1 Å².